The highest BCUT2D eigenvalue weighted by molar-refractivity contribution is 6.62. The van der Waals surface area contributed by atoms with Crippen LogP contribution in [-0.2, 0) is 15.0 Å². The summed E-state index contributed by atoms with van der Waals surface area (Å²) in [6, 6.07) is 6.05. The van der Waals surface area contributed by atoms with Gasteiger partial charge in [-0.1, -0.05) is 23.8 Å². The number of fused-ring (bicyclic) bond motifs is 2. The second kappa shape index (κ2) is 2.60. The van der Waals surface area contributed by atoms with Crippen molar-refractivity contribution in [2.75, 3.05) is 13.2 Å². The Morgan fingerprint density at radius 2 is 2.21 bits per heavy atom. The number of ether oxygens (including phenoxy) is 1. The highest BCUT2D eigenvalue weighted by atomic mass is 16.6. The minimum absolute atomic E-state index is 0.359. The van der Waals surface area contributed by atoms with E-state index in [9.17, 15) is 5.02 Å². The third kappa shape index (κ3) is 0.933. The van der Waals surface area contributed by atoms with E-state index in [0.29, 0.717) is 13.2 Å². The number of hydrogen-bond donors (Lipinski definition) is 1. The topological polar surface area (TPSA) is 38.7 Å². The second-order valence-corrected chi connectivity index (χ2v) is 4.05. The van der Waals surface area contributed by atoms with E-state index < -0.39 is 7.12 Å². The Morgan fingerprint density at radius 1 is 1.43 bits per heavy atom. The summed E-state index contributed by atoms with van der Waals surface area (Å²) < 4.78 is 10.7. The quantitative estimate of drug-likeness (QED) is 0.582. The van der Waals surface area contributed by atoms with E-state index in [2.05, 4.69) is 0 Å². The van der Waals surface area contributed by atoms with Crippen LogP contribution in [0.15, 0.2) is 18.2 Å². The first kappa shape index (κ1) is 8.47. The Hall–Kier alpha value is -0.835. The molecule has 0 unspecified atom stereocenters. The normalized spacial score (nSPS) is 22.3. The highest BCUT2D eigenvalue weighted by Gasteiger charge is 2.51. The molecule has 1 N–H and O–H groups in total. The van der Waals surface area contributed by atoms with Gasteiger partial charge in [-0.3, -0.25) is 0 Å². The van der Waals surface area contributed by atoms with Crippen molar-refractivity contribution in [3.05, 3.63) is 29.3 Å². The van der Waals surface area contributed by atoms with Gasteiger partial charge in [-0.15, -0.1) is 0 Å². The van der Waals surface area contributed by atoms with Crippen molar-refractivity contribution in [1.82, 2.24) is 0 Å². The van der Waals surface area contributed by atoms with Crippen LogP contribution in [0, 0.1) is 6.92 Å². The SMILES string of the molecule is Cc1ccc2c(c1)B(O)OC21COC1. The van der Waals surface area contributed by atoms with Gasteiger partial charge in [0.2, 0.25) is 0 Å². The molecule has 3 nitrogen and oxygen atoms in total. The summed E-state index contributed by atoms with van der Waals surface area (Å²) in [5.41, 5.74) is 2.77. The molecule has 0 aromatic heterocycles. The van der Waals surface area contributed by atoms with Crippen molar-refractivity contribution in [2.24, 2.45) is 0 Å². The van der Waals surface area contributed by atoms with Crippen LogP contribution in [0.1, 0.15) is 11.1 Å². The largest absolute Gasteiger partial charge is 0.492 e. The van der Waals surface area contributed by atoms with Crippen LogP contribution in [0.5, 0.6) is 0 Å². The maximum atomic E-state index is 9.73. The molecule has 1 aromatic rings. The van der Waals surface area contributed by atoms with Gasteiger partial charge in [-0.25, -0.2) is 0 Å². The lowest BCUT2D eigenvalue weighted by atomic mass is 9.77. The maximum absolute atomic E-state index is 9.73. The van der Waals surface area contributed by atoms with Crippen molar-refractivity contribution in [3.63, 3.8) is 0 Å². The van der Waals surface area contributed by atoms with Gasteiger partial charge in [0.1, 0.15) is 5.60 Å². The van der Waals surface area contributed by atoms with E-state index >= 15 is 0 Å². The molecular formula is C10H11BO3. The van der Waals surface area contributed by atoms with E-state index in [0.717, 1.165) is 16.6 Å². The molecule has 0 amide bonds. The fourth-order valence-corrected chi connectivity index (χ4v) is 2.15. The molecule has 1 fully saturated rings. The minimum atomic E-state index is -0.784. The van der Waals surface area contributed by atoms with Crippen molar-refractivity contribution in [3.8, 4) is 0 Å². The molecule has 3 rings (SSSR count). The lowest BCUT2D eigenvalue weighted by Crippen LogP contribution is -2.47. The van der Waals surface area contributed by atoms with Gasteiger partial charge in [-0.05, 0) is 17.9 Å². The van der Waals surface area contributed by atoms with Crippen molar-refractivity contribution >= 4 is 12.6 Å². The minimum Gasteiger partial charge on any atom is -0.423 e. The summed E-state index contributed by atoms with van der Waals surface area (Å²) >= 11 is 0. The van der Waals surface area contributed by atoms with Crippen molar-refractivity contribution in [2.45, 2.75) is 12.5 Å². The van der Waals surface area contributed by atoms with Gasteiger partial charge >= 0.3 is 7.12 Å². The fourth-order valence-electron chi connectivity index (χ4n) is 2.15. The molecule has 1 saturated heterocycles. The Labute approximate surface area is 82.8 Å². The molecule has 2 heterocycles. The van der Waals surface area contributed by atoms with Gasteiger partial charge in [0.15, 0.2) is 0 Å². The summed E-state index contributed by atoms with van der Waals surface area (Å²) in [5.74, 6) is 0. The van der Waals surface area contributed by atoms with Crippen LogP contribution >= 0.6 is 0 Å². The Balaban J connectivity index is 2.14. The van der Waals surface area contributed by atoms with Gasteiger partial charge < -0.3 is 14.4 Å². The highest BCUT2D eigenvalue weighted by Crippen LogP contribution is 2.37. The van der Waals surface area contributed by atoms with E-state index in [-0.39, 0.29) is 5.60 Å². The molecule has 0 atom stereocenters. The van der Waals surface area contributed by atoms with E-state index in [4.69, 9.17) is 9.39 Å². The van der Waals surface area contributed by atoms with Crippen LogP contribution in [0.4, 0.5) is 0 Å². The van der Waals surface area contributed by atoms with Crippen LogP contribution in [-0.4, -0.2) is 25.4 Å². The van der Waals surface area contributed by atoms with Crippen LogP contribution in [0.2, 0.25) is 0 Å². The summed E-state index contributed by atoms with van der Waals surface area (Å²) in [5, 5.41) is 9.73. The number of benzene rings is 1. The molecule has 1 aromatic carbocycles. The van der Waals surface area contributed by atoms with Gasteiger partial charge in [0, 0.05) is 0 Å². The smallest absolute Gasteiger partial charge is 0.423 e. The summed E-state index contributed by atoms with van der Waals surface area (Å²) in [4.78, 5) is 0. The monoisotopic (exact) mass is 190 g/mol. The fraction of sp³-hybridized carbons (Fsp3) is 0.400. The van der Waals surface area contributed by atoms with Crippen LogP contribution in [0.3, 0.4) is 0 Å². The molecular weight excluding hydrogens is 179 g/mol. The summed E-state index contributed by atoms with van der Waals surface area (Å²) in [7, 11) is -0.784. The Bertz CT molecular complexity index is 387. The number of rotatable bonds is 0. The predicted molar refractivity (Wildman–Crippen MR) is 52.4 cm³/mol. The third-order valence-electron chi connectivity index (χ3n) is 2.97. The molecule has 1 spiro atoms. The molecule has 14 heavy (non-hydrogen) atoms. The maximum Gasteiger partial charge on any atom is 0.492 e. The average molecular weight is 190 g/mol. The Morgan fingerprint density at radius 3 is 2.86 bits per heavy atom. The van der Waals surface area contributed by atoms with E-state index in [1.165, 1.54) is 0 Å². The first-order valence-corrected chi connectivity index (χ1v) is 4.76. The van der Waals surface area contributed by atoms with Crippen molar-refractivity contribution in [1.29, 1.82) is 0 Å². The van der Waals surface area contributed by atoms with Crippen LogP contribution in [0.25, 0.3) is 0 Å². The molecule has 0 aliphatic carbocycles. The zero-order valence-corrected chi connectivity index (χ0v) is 7.99. The van der Waals surface area contributed by atoms with Gasteiger partial charge in [-0.2, -0.15) is 0 Å². The average Bonchev–Trinajstić information content (AvgIpc) is 2.39. The number of hydrogen-bond acceptors (Lipinski definition) is 3. The van der Waals surface area contributed by atoms with Crippen molar-refractivity contribution < 1.29 is 14.4 Å². The lowest BCUT2D eigenvalue weighted by Gasteiger charge is -2.38. The van der Waals surface area contributed by atoms with Gasteiger partial charge in [0.05, 0.1) is 13.2 Å². The zero-order chi connectivity index (χ0) is 9.76. The third-order valence-corrected chi connectivity index (χ3v) is 2.97. The first-order valence-electron chi connectivity index (χ1n) is 4.76. The van der Waals surface area contributed by atoms with Gasteiger partial charge in [0.25, 0.3) is 0 Å². The lowest BCUT2D eigenvalue weighted by molar-refractivity contribution is -0.168. The van der Waals surface area contributed by atoms with E-state index in [1.54, 1.807) is 0 Å². The standard InChI is InChI=1S/C10H11BO3/c1-7-2-3-8-9(4-7)11(12)14-10(8)5-13-6-10/h2-4,12H,5-6H2,1H3. The Kier molecular flexibility index (Phi) is 1.57. The van der Waals surface area contributed by atoms with Crippen LogP contribution < -0.4 is 5.46 Å². The zero-order valence-electron chi connectivity index (χ0n) is 7.99. The molecule has 0 saturated carbocycles. The molecule has 0 bridgehead atoms. The molecule has 0 radical (unpaired) electrons. The molecule has 4 heteroatoms. The second-order valence-electron chi connectivity index (χ2n) is 4.05. The number of aryl methyl sites for hydroxylation is 1. The van der Waals surface area contributed by atoms with E-state index in [1.807, 2.05) is 25.1 Å². The first-order chi connectivity index (χ1) is 6.71. The molecule has 72 valence electrons. The summed E-state index contributed by atoms with van der Waals surface area (Å²) in [6.45, 7) is 3.12. The molecule has 2 aliphatic heterocycles. The molecule has 2 aliphatic rings. The summed E-state index contributed by atoms with van der Waals surface area (Å²) in [6.07, 6.45) is 0. The predicted octanol–water partition coefficient (Wildman–Crippen LogP) is -0.0618.